The van der Waals surface area contributed by atoms with E-state index in [1.807, 2.05) is 37.4 Å². The van der Waals surface area contributed by atoms with E-state index in [1.165, 1.54) is 18.9 Å². The Kier molecular flexibility index (Phi) is 5.50. The number of hydrogen-bond acceptors (Lipinski definition) is 5. The van der Waals surface area contributed by atoms with E-state index in [0.717, 1.165) is 21.4 Å². The van der Waals surface area contributed by atoms with Crippen LogP contribution in [0.4, 0.5) is 5.69 Å². The Morgan fingerprint density at radius 1 is 1.23 bits per heavy atom. The van der Waals surface area contributed by atoms with Crippen LogP contribution < -0.4 is 10.6 Å². The minimum Gasteiger partial charge on any atom is -0.467 e. The summed E-state index contributed by atoms with van der Waals surface area (Å²) in [6.45, 7) is 1.83. The molecule has 0 fully saturated rings. The van der Waals surface area contributed by atoms with Gasteiger partial charge in [-0.05, 0) is 36.8 Å². The summed E-state index contributed by atoms with van der Waals surface area (Å²) in [5.74, 6) is -1.04. The van der Waals surface area contributed by atoms with Crippen LogP contribution in [0.5, 0.6) is 0 Å². The fraction of sp³-hybridized carbons (Fsp3) is 0.227. The molecule has 2 heterocycles. The molecule has 2 unspecified atom stereocenters. The van der Waals surface area contributed by atoms with Crippen LogP contribution >= 0.6 is 11.8 Å². The Hall–Kier alpha value is -3.26. The molecule has 0 aliphatic carbocycles. The maximum absolute atomic E-state index is 12.9. The zero-order valence-electron chi connectivity index (χ0n) is 16.5. The number of carbonyl (C=O) groups excluding carboxylic acids is 3. The van der Waals surface area contributed by atoms with Gasteiger partial charge >= 0.3 is 5.97 Å². The number of esters is 1. The number of fused-ring (bicyclic) bond motifs is 2. The molecule has 3 aromatic rings. The summed E-state index contributed by atoms with van der Waals surface area (Å²) in [6.07, 6.45) is 2.12. The third-order valence-electron chi connectivity index (χ3n) is 5.06. The minimum atomic E-state index is -0.846. The van der Waals surface area contributed by atoms with Crippen molar-refractivity contribution >= 4 is 46.1 Å². The Labute approximate surface area is 177 Å². The third-order valence-corrected chi connectivity index (χ3v) is 6.24. The average Bonchev–Trinajstić information content (AvgIpc) is 3.16. The number of rotatable bonds is 5. The van der Waals surface area contributed by atoms with Crippen LogP contribution in [0.2, 0.25) is 0 Å². The summed E-state index contributed by atoms with van der Waals surface area (Å²) in [4.78, 5) is 41.2. The first-order chi connectivity index (χ1) is 14.5. The van der Waals surface area contributed by atoms with Crippen molar-refractivity contribution in [1.29, 1.82) is 0 Å². The number of anilines is 1. The Balaban J connectivity index is 1.55. The van der Waals surface area contributed by atoms with Gasteiger partial charge in [0, 0.05) is 34.0 Å². The van der Waals surface area contributed by atoms with E-state index < -0.39 is 17.9 Å². The van der Waals surface area contributed by atoms with Crippen molar-refractivity contribution in [3.05, 3.63) is 59.8 Å². The van der Waals surface area contributed by atoms with Crippen molar-refractivity contribution in [3.8, 4) is 0 Å². The van der Waals surface area contributed by atoms with E-state index in [2.05, 4.69) is 15.6 Å². The van der Waals surface area contributed by atoms with Crippen LogP contribution in [-0.4, -0.2) is 41.2 Å². The van der Waals surface area contributed by atoms with Gasteiger partial charge in [0.05, 0.1) is 18.0 Å². The second kappa shape index (κ2) is 8.23. The largest absolute Gasteiger partial charge is 0.467 e. The lowest BCUT2D eigenvalue weighted by atomic mass is 10.0. The predicted molar refractivity (Wildman–Crippen MR) is 116 cm³/mol. The van der Waals surface area contributed by atoms with Crippen molar-refractivity contribution in [2.45, 2.75) is 29.5 Å². The van der Waals surface area contributed by atoms with Gasteiger partial charge in [0.25, 0.3) is 5.91 Å². The van der Waals surface area contributed by atoms with Gasteiger partial charge in [-0.25, -0.2) is 4.79 Å². The van der Waals surface area contributed by atoms with E-state index in [1.54, 1.807) is 18.2 Å². The number of aromatic nitrogens is 1. The van der Waals surface area contributed by atoms with Gasteiger partial charge in [-0.1, -0.05) is 18.2 Å². The van der Waals surface area contributed by atoms with E-state index in [-0.39, 0.29) is 17.6 Å². The molecule has 154 valence electrons. The van der Waals surface area contributed by atoms with Crippen LogP contribution in [0, 0.1) is 0 Å². The molecule has 0 saturated carbocycles. The maximum atomic E-state index is 12.9. The van der Waals surface area contributed by atoms with Crippen LogP contribution in [-0.2, 0) is 20.7 Å². The molecule has 0 spiro atoms. The van der Waals surface area contributed by atoms with Crippen LogP contribution in [0.1, 0.15) is 22.8 Å². The SMILES string of the molecule is COC(=O)C(Cc1c[nH]c2ccccc12)NC(=O)c1ccc2c(c1)NC(=O)C(C)S2. The highest BCUT2D eigenvalue weighted by atomic mass is 32.2. The van der Waals surface area contributed by atoms with Crippen molar-refractivity contribution in [1.82, 2.24) is 10.3 Å². The average molecular weight is 423 g/mol. The second-order valence-electron chi connectivity index (χ2n) is 7.07. The molecule has 1 aliphatic heterocycles. The number of nitrogens with one attached hydrogen (secondary N) is 3. The highest BCUT2D eigenvalue weighted by Gasteiger charge is 2.26. The minimum absolute atomic E-state index is 0.100. The number of ether oxygens (including phenoxy) is 1. The first kappa shape index (κ1) is 20.0. The molecule has 8 heteroatoms. The number of methoxy groups -OCH3 is 1. The van der Waals surface area contributed by atoms with Gasteiger partial charge in [0.1, 0.15) is 6.04 Å². The lowest BCUT2D eigenvalue weighted by Crippen LogP contribution is -2.43. The molecule has 2 amide bonds. The molecular formula is C22H21N3O4S. The summed E-state index contributed by atoms with van der Waals surface area (Å²) in [5.41, 5.74) is 2.82. The van der Waals surface area contributed by atoms with E-state index in [4.69, 9.17) is 4.74 Å². The molecule has 0 saturated heterocycles. The number of thioether (sulfide) groups is 1. The van der Waals surface area contributed by atoms with Gasteiger partial charge < -0.3 is 20.4 Å². The number of benzene rings is 2. The normalized spacial score (nSPS) is 16.5. The monoisotopic (exact) mass is 423 g/mol. The van der Waals surface area contributed by atoms with Gasteiger partial charge in [-0.2, -0.15) is 0 Å². The molecule has 4 rings (SSSR count). The van der Waals surface area contributed by atoms with Crippen LogP contribution in [0.3, 0.4) is 0 Å². The van der Waals surface area contributed by atoms with Gasteiger partial charge in [-0.15, -0.1) is 11.8 Å². The Morgan fingerprint density at radius 2 is 2.03 bits per heavy atom. The lowest BCUT2D eigenvalue weighted by Gasteiger charge is -2.22. The molecule has 7 nitrogen and oxygen atoms in total. The summed E-state index contributed by atoms with van der Waals surface area (Å²) in [6, 6.07) is 12.0. The lowest BCUT2D eigenvalue weighted by molar-refractivity contribution is -0.142. The molecule has 1 aromatic heterocycles. The van der Waals surface area contributed by atoms with E-state index in [9.17, 15) is 14.4 Å². The van der Waals surface area contributed by atoms with Crippen molar-refractivity contribution < 1.29 is 19.1 Å². The summed E-state index contributed by atoms with van der Waals surface area (Å²) < 4.78 is 4.90. The molecule has 0 radical (unpaired) electrons. The first-order valence-electron chi connectivity index (χ1n) is 9.51. The Bertz CT molecular complexity index is 1140. The molecule has 0 bridgehead atoms. The first-order valence-corrected chi connectivity index (χ1v) is 10.4. The zero-order valence-corrected chi connectivity index (χ0v) is 17.3. The van der Waals surface area contributed by atoms with Crippen molar-refractivity contribution in [2.24, 2.45) is 0 Å². The number of carbonyl (C=O) groups is 3. The van der Waals surface area contributed by atoms with E-state index in [0.29, 0.717) is 11.3 Å². The zero-order chi connectivity index (χ0) is 21.3. The number of aromatic amines is 1. The van der Waals surface area contributed by atoms with E-state index >= 15 is 0 Å². The molecule has 30 heavy (non-hydrogen) atoms. The molecule has 2 atom stereocenters. The fourth-order valence-corrected chi connectivity index (χ4v) is 4.38. The number of amides is 2. The van der Waals surface area contributed by atoms with Gasteiger partial charge in [-0.3, -0.25) is 9.59 Å². The number of para-hydroxylation sites is 1. The maximum Gasteiger partial charge on any atom is 0.328 e. The fourth-order valence-electron chi connectivity index (χ4n) is 3.45. The topological polar surface area (TPSA) is 100 Å². The number of H-pyrrole nitrogens is 1. The second-order valence-corrected chi connectivity index (χ2v) is 8.46. The number of hydrogen-bond donors (Lipinski definition) is 3. The smallest absolute Gasteiger partial charge is 0.328 e. The van der Waals surface area contributed by atoms with Crippen molar-refractivity contribution in [2.75, 3.05) is 12.4 Å². The highest BCUT2D eigenvalue weighted by Crippen LogP contribution is 2.35. The Morgan fingerprint density at radius 3 is 2.83 bits per heavy atom. The standard InChI is InChI=1S/C22H21N3O4S/c1-12-20(26)24-17-9-13(7-8-19(17)30-12)21(27)25-18(22(28)29-2)10-14-11-23-16-6-4-3-5-15(14)16/h3-9,11-12,18,23H,10H2,1-2H3,(H,24,26)(H,25,27). The van der Waals surface area contributed by atoms with Gasteiger partial charge in [0.15, 0.2) is 0 Å². The van der Waals surface area contributed by atoms with Gasteiger partial charge in [0.2, 0.25) is 5.91 Å². The summed E-state index contributed by atoms with van der Waals surface area (Å²) in [5, 5.41) is 6.39. The highest BCUT2D eigenvalue weighted by molar-refractivity contribution is 8.00. The molecular weight excluding hydrogens is 402 g/mol. The third kappa shape index (κ3) is 3.91. The quantitative estimate of drug-likeness (QED) is 0.548. The molecule has 2 aromatic carbocycles. The summed E-state index contributed by atoms with van der Waals surface area (Å²) >= 11 is 1.45. The predicted octanol–water partition coefficient (Wildman–Crippen LogP) is 3.11. The summed E-state index contributed by atoms with van der Waals surface area (Å²) in [7, 11) is 1.30. The van der Waals surface area contributed by atoms with Crippen LogP contribution in [0.15, 0.2) is 53.6 Å². The molecule has 1 aliphatic rings. The molecule has 3 N–H and O–H groups in total. The van der Waals surface area contributed by atoms with Crippen molar-refractivity contribution in [3.63, 3.8) is 0 Å². The van der Waals surface area contributed by atoms with Crippen LogP contribution in [0.25, 0.3) is 10.9 Å².